The third-order valence-corrected chi connectivity index (χ3v) is 5.12. The fraction of sp³-hybridized carbons (Fsp3) is 0.350. The number of nitrogens with one attached hydrogen (secondary N) is 1. The third kappa shape index (κ3) is 4.40. The summed E-state index contributed by atoms with van der Waals surface area (Å²) in [6.45, 7) is 5.60. The number of rotatable bonds is 7. The normalized spacial score (nSPS) is 14.8. The topological polar surface area (TPSA) is 100 Å². The quantitative estimate of drug-likeness (QED) is 0.371. The van der Waals surface area contributed by atoms with Crippen LogP contribution in [0.2, 0.25) is 0 Å². The molecule has 0 spiro atoms. The Hall–Kier alpha value is -3.33. The van der Waals surface area contributed by atoms with Crippen LogP contribution in [0.1, 0.15) is 6.42 Å². The van der Waals surface area contributed by atoms with E-state index in [0.29, 0.717) is 10.9 Å². The molecule has 0 unspecified atom stereocenters. The van der Waals surface area contributed by atoms with Crippen LogP contribution in [0, 0.1) is 10.1 Å². The highest BCUT2D eigenvalue weighted by molar-refractivity contribution is 5.96. The monoisotopic (exact) mass is 393 g/mol. The zero-order valence-corrected chi connectivity index (χ0v) is 16.1. The Morgan fingerprint density at radius 3 is 2.52 bits per heavy atom. The minimum absolute atomic E-state index is 0.0823. The van der Waals surface area contributed by atoms with Gasteiger partial charge >= 0.3 is 0 Å². The van der Waals surface area contributed by atoms with E-state index in [4.69, 9.17) is 0 Å². The largest absolute Gasteiger partial charge is 0.383 e. The van der Waals surface area contributed by atoms with E-state index >= 15 is 0 Å². The Bertz CT molecular complexity index is 975. The molecular formula is C20H23N7O2. The van der Waals surface area contributed by atoms with Crippen LogP contribution in [0.5, 0.6) is 0 Å². The predicted molar refractivity (Wildman–Crippen MR) is 112 cm³/mol. The van der Waals surface area contributed by atoms with Gasteiger partial charge < -0.3 is 10.2 Å². The number of non-ortho nitro benzene ring substituents is 1. The van der Waals surface area contributed by atoms with Gasteiger partial charge in [0, 0.05) is 57.4 Å². The standard InChI is InChI=1S/C20H23N7O2/c28-27(29)18-6-5-17(19-16(18)4-1-7-22-19)21-10-3-11-25-12-14-26(15-13-25)20-23-8-2-9-24-20/h1-2,4-9,21H,3,10-15H2. The third-order valence-electron chi connectivity index (χ3n) is 5.12. The van der Waals surface area contributed by atoms with E-state index in [1.165, 1.54) is 6.07 Å². The fourth-order valence-corrected chi connectivity index (χ4v) is 3.61. The number of fused-ring (bicyclic) bond motifs is 1. The highest BCUT2D eigenvalue weighted by Gasteiger charge is 2.18. The van der Waals surface area contributed by atoms with Crippen LogP contribution < -0.4 is 10.2 Å². The molecule has 3 heterocycles. The highest BCUT2D eigenvalue weighted by Crippen LogP contribution is 2.29. The minimum Gasteiger partial charge on any atom is -0.383 e. The molecule has 29 heavy (non-hydrogen) atoms. The van der Waals surface area contributed by atoms with Crippen LogP contribution in [-0.2, 0) is 0 Å². The van der Waals surface area contributed by atoms with Gasteiger partial charge in [0.25, 0.3) is 5.69 Å². The summed E-state index contributed by atoms with van der Waals surface area (Å²) in [7, 11) is 0. The van der Waals surface area contributed by atoms with Gasteiger partial charge in [0.05, 0.1) is 16.0 Å². The van der Waals surface area contributed by atoms with Crippen molar-refractivity contribution in [2.24, 2.45) is 0 Å². The van der Waals surface area contributed by atoms with E-state index in [1.807, 2.05) is 6.07 Å². The maximum absolute atomic E-state index is 11.2. The van der Waals surface area contributed by atoms with Gasteiger partial charge in [-0.05, 0) is 37.2 Å². The Kier molecular flexibility index (Phi) is 5.76. The van der Waals surface area contributed by atoms with E-state index in [2.05, 4.69) is 30.1 Å². The number of nitro benzene ring substituents is 1. The summed E-state index contributed by atoms with van der Waals surface area (Å²) in [5.41, 5.74) is 1.55. The van der Waals surface area contributed by atoms with Crippen LogP contribution in [0.15, 0.2) is 48.9 Å². The lowest BCUT2D eigenvalue weighted by atomic mass is 10.1. The molecule has 2 aromatic heterocycles. The van der Waals surface area contributed by atoms with Crippen molar-refractivity contribution in [3.63, 3.8) is 0 Å². The number of aromatic nitrogens is 3. The lowest BCUT2D eigenvalue weighted by Gasteiger charge is -2.34. The summed E-state index contributed by atoms with van der Waals surface area (Å²) >= 11 is 0. The number of pyridine rings is 1. The van der Waals surface area contributed by atoms with Crippen LogP contribution >= 0.6 is 0 Å². The number of hydrogen-bond donors (Lipinski definition) is 1. The van der Waals surface area contributed by atoms with Gasteiger partial charge in [-0.3, -0.25) is 20.0 Å². The Labute approximate surface area is 168 Å². The zero-order valence-electron chi connectivity index (χ0n) is 16.1. The molecule has 1 aliphatic rings. The number of anilines is 2. The SMILES string of the molecule is O=[N+]([O-])c1ccc(NCCCN2CCN(c3ncccn3)CC2)c2ncccc12. The molecule has 9 nitrogen and oxygen atoms in total. The van der Waals surface area contributed by atoms with E-state index in [-0.39, 0.29) is 10.6 Å². The first-order valence-corrected chi connectivity index (χ1v) is 9.73. The summed E-state index contributed by atoms with van der Waals surface area (Å²) < 4.78 is 0. The second-order valence-corrected chi connectivity index (χ2v) is 6.95. The predicted octanol–water partition coefficient (Wildman–Crippen LogP) is 2.56. The maximum atomic E-state index is 11.2. The number of benzene rings is 1. The Balaban J connectivity index is 1.27. The van der Waals surface area contributed by atoms with Crippen molar-refractivity contribution in [3.05, 3.63) is 59.0 Å². The molecule has 1 aliphatic heterocycles. The fourth-order valence-electron chi connectivity index (χ4n) is 3.61. The van der Waals surface area contributed by atoms with Crippen molar-refractivity contribution in [3.8, 4) is 0 Å². The van der Waals surface area contributed by atoms with Crippen molar-refractivity contribution in [2.45, 2.75) is 6.42 Å². The summed E-state index contributed by atoms with van der Waals surface area (Å²) in [6.07, 6.45) is 6.19. The molecule has 0 aliphatic carbocycles. The summed E-state index contributed by atoms with van der Waals surface area (Å²) in [5, 5.41) is 15.2. The lowest BCUT2D eigenvalue weighted by molar-refractivity contribution is -0.383. The Morgan fingerprint density at radius 1 is 1.00 bits per heavy atom. The first-order chi connectivity index (χ1) is 14.2. The molecule has 1 aromatic carbocycles. The molecule has 4 rings (SSSR count). The van der Waals surface area contributed by atoms with Crippen LogP contribution in [-0.4, -0.2) is 64.0 Å². The first kappa shape index (κ1) is 19.0. The van der Waals surface area contributed by atoms with Crippen molar-refractivity contribution in [1.82, 2.24) is 19.9 Å². The molecule has 150 valence electrons. The molecule has 0 atom stereocenters. The van der Waals surface area contributed by atoms with Gasteiger partial charge in [-0.1, -0.05) is 0 Å². The lowest BCUT2D eigenvalue weighted by Crippen LogP contribution is -2.47. The summed E-state index contributed by atoms with van der Waals surface area (Å²) in [4.78, 5) is 28.5. The van der Waals surface area contributed by atoms with E-state index < -0.39 is 0 Å². The number of hydrogen-bond acceptors (Lipinski definition) is 8. The molecule has 1 saturated heterocycles. The minimum atomic E-state index is -0.367. The molecule has 0 amide bonds. The average Bonchev–Trinajstić information content (AvgIpc) is 2.77. The molecule has 9 heteroatoms. The van der Waals surface area contributed by atoms with E-state index in [0.717, 1.165) is 57.3 Å². The van der Waals surface area contributed by atoms with Crippen molar-refractivity contribution < 1.29 is 4.92 Å². The molecular weight excluding hydrogens is 370 g/mol. The average molecular weight is 393 g/mol. The van der Waals surface area contributed by atoms with E-state index in [9.17, 15) is 10.1 Å². The van der Waals surface area contributed by atoms with Gasteiger partial charge in [0.15, 0.2) is 0 Å². The van der Waals surface area contributed by atoms with Crippen LogP contribution in [0.4, 0.5) is 17.3 Å². The molecule has 1 fully saturated rings. The van der Waals surface area contributed by atoms with E-state index in [1.54, 1.807) is 36.8 Å². The molecule has 3 aromatic rings. The number of piperazine rings is 1. The maximum Gasteiger partial charge on any atom is 0.278 e. The van der Waals surface area contributed by atoms with Crippen molar-refractivity contribution in [1.29, 1.82) is 0 Å². The highest BCUT2D eigenvalue weighted by atomic mass is 16.6. The van der Waals surface area contributed by atoms with Crippen LogP contribution in [0.3, 0.4) is 0 Å². The smallest absolute Gasteiger partial charge is 0.278 e. The van der Waals surface area contributed by atoms with Gasteiger partial charge in [-0.25, -0.2) is 9.97 Å². The van der Waals surface area contributed by atoms with Gasteiger partial charge in [-0.2, -0.15) is 0 Å². The first-order valence-electron chi connectivity index (χ1n) is 9.73. The molecule has 0 saturated carbocycles. The number of nitro groups is 1. The summed E-state index contributed by atoms with van der Waals surface area (Å²) in [5.74, 6) is 0.798. The Morgan fingerprint density at radius 2 is 1.76 bits per heavy atom. The van der Waals surface area contributed by atoms with Crippen LogP contribution in [0.25, 0.3) is 10.9 Å². The second kappa shape index (κ2) is 8.78. The summed E-state index contributed by atoms with van der Waals surface area (Å²) in [6, 6.07) is 8.57. The van der Waals surface area contributed by atoms with Crippen molar-refractivity contribution in [2.75, 3.05) is 49.5 Å². The van der Waals surface area contributed by atoms with Crippen molar-refractivity contribution >= 4 is 28.2 Å². The molecule has 0 bridgehead atoms. The van der Waals surface area contributed by atoms with Gasteiger partial charge in [0.1, 0.15) is 5.52 Å². The van der Waals surface area contributed by atoms with Gasteiger partial charge in [-0.15, -0.1) is 0 Å². The second-order valence-electron chi connectivity index (χ2n) is 6.95. The molecule has 1 N–H and O–H groups in total. The zero-order chi connectivity index (χ0) is 20.1. The van der Waals surface area contributed by atoms with Gasteiger partial charge in [0.2, 0.25) is 5.95 Å². The molecule has 0 radical (unpaired) electrons. The number of nitrogens with zero attached hydrogens (tertiary/aromatic N) is 6.